The maximum atomic E-state index is 12.0. The number of nitrogens with one attached hydrogen (secondary N) is 1. The lowest BCUT2D eigenvalue weighted by atomic mass is 10.1. The Hall–Kier alpha value is -2.38. The minimum atomic E-state index is -0.686. The molecule has 26 heavy (non-hydrogen) atoms. The Bertz CT molecular complexity index is 823. The van der Waals surface area contributed by atoms with E-state index in [2.05, 4.69) is 26.0 Å². The molecule has 0 heterocycles. The topological polar surface area (TPSA) is 81.7 Å². The van der Waals surface area contributed by atoms with Crippen LogP contribution in [0, 0.1) is 0 Å². The Balaban J connectivity index is 1.82. The van der Waals surface area contributed by atoms with Crippen LogP contribution in [-0.2, 0) is 20.8 Å². The molecule has 0 aromatic heterocycles. The molecular weight excluding hydrogens is 426 g/mol. The number of amides is 1. The first-order chi connectivity index (χ1) is 12.4. The molecule has 8 heteroatoms. The molecule has 1 amide bonds. The van der Waals surface area contributed by atoms with Crippen molar-refractivity contribution in [2.24, 2.45) is 0 Å². The molecule has 0 spiro atoms. The van der Waals surface area contributed by atoms with E-state index in [1.165, 1.54) is 13.2 Å². The molecule has 6 nitrogen and oxygen atoms in total. The van der Waals surface area contributed by atoms with Crippen molar-refractivity contribution in [3.05, 3.63) is 68.7 Å². The van der Waals surface area contributed by atoms with Crippen LogP contribution in [0.2, 0.25) is 5.02 Å². The average Bonchev–Trinajstić information content (AvgIpc) is 2.66. The van der Waals surface area contributed by atoms with Crippen molar-refractivity contribution in [2.45, 2.75) is 6.54 Å². The molecule has 0 aliphatic heterocycles. The second-order valence-electron chi connectivity index (χ2n) is 5.17. The minimum Gasteiger partial charge on any atom is -0.465 e. The van der Waals surface area contributed by atoms with E-state index in [0.717, 1.165) is 5.56 Å². The highest BCUT2D eigenvalue weighted by atomic mass is 79.9. The van der Waals surface area contributed by atoms with Gasteiger partial charge in [0.25, 0.3) is 5.91 Å². The van der Waals surface area contributed by atoms with Gasteiger partial charge in [0.15, 0.2) is 6.61 Å². The molecule has 0 saturated carbocycles. The summed E-state index contributed by atoms with van der Waals surface area (Å²) in [6.45, 7) is -0.197. The summed E-state index contributed by atoms with van der Waals surface area (Å²) >= 11 is 9.18. The van der Waals surface area contributed by atoms with Gasteiger partial charge in [-0.2, -0.15) is 0 Å². The van der Waals surface area contributed by atoms with Crippen LogP contribution in [-0.4, -0.2) is 31.6 Å². The normalized spacial score (nSPS) is 10.1. The number of methoxy groups -OCH3 is 1. The van der Waals surface area contributed by atoms with E-state index < -0.39 is 24.5 Å². The molecule has 0 saturated heterocycles. The molecule has 1 N–H and O–H groups in total. The smallest absolute Gasteiger partial charge is 0.340 e. The molecule has 0 bridgehead atoms. The van der Waals surface area contributed by atoms with Gasteiger partial charge in [0.2, 0.25) is 0 Å². The third-order valence-electron chi connectivity index (χ3n) is 3.35. The molecule has 0 unspecified atom stereocenters. The number of benzene rings is 2. The highest BCUT2D eigenvalue weighted by molar-refractivity contribution is 9.10. The van der Waals surface area contributed by atoms with Crippen molar-refractivity contribution >= 4 is 45.4 Å². The van der Waals surface area contributed by atoms with Crippen LogP contribution in [0.1, 0.15) is 26.3 Å². The first-order valence-corrected chi connectivity index (χ1v) is 8.64. The molecule has 0 radical (unpaired) electrons. The molecule has 0 aliphatic rings. The Morgan fingerprint density at radius 2 is 1.77 bits per heavy atom. The van der Waals surface area contributed by atoms with E-state index >= 15 is 0 Å². The highest BCUT2D eigenvalue weighted by Gasteiger charge is 2.14. The van der Waals surface area contributed by atoms with Crippen LogP contribution in [0.4, 0.5) is 0 Å². The SMILES string of the molecule is COC(=O)c1ccc(CNC(=O)COC(=O)c2cc(Br)ccc2Cl)cc1. The second-order valence-corrected chi connectivity index (χ2v) is 6.49. The first kappa shape index (κ1) is 19.9. The van der Waals surface area contributed by atoms with Gasteiger partial charge in [-0.1, -0.05) is 39.7 Å². The van der Waals surface area contributed by atoms with Gasteiger partial charge in [0.05, 0.1) is 23.3 Å². The van der Waals surface area contributed by atoms with Gasteiger partial charge in [-0.25, -0.2) is 9.59 Å². The van der Waals surface area contributed by atoms with E-state index in [9.17, 15) is 14.4 Å². The van der Waals surface area contributed by atoms with Crippen LogP contribution in [0.25, 0.3) is 0 Å². The fourth-order valence-electron chi connectivity index (χ4n) is 1.99. The minimum absolute atomic E-state index is 0.173. The van der Waals surface area contributed by atoms with Crippen molar-refractivity contribution in [1.29, 1.82) is 0 Å². The average molecular weight is 441 g/mol. The van der Waals surface area contributed by atoms with Gasteiger partial charge >= 0.3 is 11.9 Å². The highest BCUT2D eigenvalue weighted by Crippen LogP contribution is 2.21. The summed E-state index contributed by atoms with van der Waals surface area (Å²) in [5.41, 5.74) is 1.38. The Morgan fingerprint density at radius 3 is 2.42 bits per heavy atom. The van der Waals surface area contributed by atoms with Crippen molar-refractivity contribution in [3.8, 4) is 0 Å². The molecule has 2 aromatic rings. The molecule has 0 fully saturated rings. The lowest BCUT2D eigenvalue weighted by molar-refractivity contribution is -0.124. The summed E-state index contributed by atoms with van der Waals surface area (Å²) in [6, 6.07) is 11.4. The predicted octanol–water partition coefficient (Wildman–Crippen LogP) is 3.36. The van der Waals surface area contributed by atoms with Crippen molar-refractivity contribution in [2.75, 3.05) is 13.7 Å². The number of hydrogen-bond donors (Lipinski definition) is 1. The Labute approximate surface area is 163 Å². The van der Waals surface area contributed by atoms with Crippen LogP contribution < -0.4 is 5.32 Å². The molecule has 2 rings (SSSR count). The summed E-state index contributed by atoms with van der Waals surface area (Å²) in [4.78, 5) is 35.1. The lowest BCUT2D eigenvalue weighted by Gasteiger charge is -2.08. The summed E-state index contributed by atoms with van der Waals surface area (Å²) in [7, 11) is 1.30. The van der Waals surface area contributed by atoms with Crippen LogP contribution >= 0.6 is 27.5 Å². The van der Waals surface area contributed by atoms with E-state index in [-0.39, 0.29) is 17.1 Å². The maximum Gasteiger partial charge on any atom is 0.340 e. The third-order valence-corrected chi connectivity index (χ3v) is 4.17. The molecule has 0 atom stereocenters. The number of esters is 2. The number of halogens is 2. The van der Waals surface area contributed by atoms with E-state index in [0.29, 0.717) is 10.0 Å². The number of carbonyl (C=O) groups excluding carboxylic acids is 3. The molecular formula is C18H15BrClNO5. The van der Waals surface area contributed by atoms with Gasteiger partial charge in [0.1, 0.15) is 0 Å². The zero-order valence-corrected chi connectivity index (χ0v) is 16.1. The maximum absolute atomic E-state index is 12.0. The zero-order chi connectivity index (χ0) is 19.1. The fourth-order valence-corrected chi connectivity index (χ4v) is 2.55. The number of rotatable bonds is 6. The Kier molecular flexibility index (Phi) is 7.17. The lowest BCUT2D eigenvalue weighted by Crippen LogP contribution is -2.28. The Morgan fingerprint density at radius 1 is 1.08 bits per heavy atom. The number of hydrogen-bond acceptors (Lipinski definition) is 5. The largest absolute Gasteiger partial charge is 0.465 e. The standard InChI is InChI=1S/C18H15BrClNO5/c1-25-17(23)12-4-2-11(3-5-12)9-21-16(22)10-26-18(24)14-8-13(19)6-7-15(14)20/h2-8H,9-10H2,1H3,(H,21,22). The third kappa shape index (κ3) is 5.57. The number of carbonyl (C=O) groups is 3. The zero-order valence-electron chi connectivity index (χ0n) is 13.8. The number of ether oxygens (including phenoxy) is 2. The van der Waals surface area contributed by atoms with Gasteiger partial charge in [-0.3, -0.25) is 4.79 Å². The summed E-state index contributed by atoms with van der Waals surface area (Å²) in [6.07, 6.45) is 0. The predicted molar refractivity (Wildman–Crippen MR) is 99.1 cm³/mol. The van der Waals surface area contributed by atoms with Gasteiger partial charge in [0, 0.05) is 11.0 Å². The van der Waals surface area contributed by atoms with Gasteiger partial charge in [-0.15, -0.1) is 0 Å². The first-order valence-electron chi connectivity index (χ1n) is 7.47. The van der Waals surface area contributed by atoms with Crippen LogP contribution in [0.15, 0.2) is 46.9 Å². The molecule has 136 valence electrons. The van der Waals surface area contributed by atoms with E-state index in [1.807, 2.05) is 0 Å². The van der Waals surface area contributed by atoms with Crippen LogP contribution in [0.3, 0.4) is 0 Å². The van der Waals surface area contributed by atoms with Gasteiger partial charge < -0.3 is 14.8 Å². The van der Waals surface area contributed by atoms with E-state index in [1.54, 1.807) is 36.4 Å². The summed E-state index contributed by atoms with van der Waals surface area (Å²) in [5.74, 6) is -1.57. The summed E-state index contributed by atoms with van der Waals surface area (Å²) in [5, 5.41) is 2.86. The monoisotopic (exact) mass is 439 g/mol. The van der Waals surface area contributed by atoms with Crippen molar-refractivity contribution < 1.29 is 23.9 Å². The molecule has 2 aromatic carbocycles. The van der Waals surface area contributed by atoms with Crippen LogP contribution in [0.5, 0.6) is 0 Å². The quantitative estimate of drug-likeness (QED) is 0.697. The summed E-state index contributed by atoms with van der Waals surface area (Å²) < 4.78 is 10.2. The van der Waals surface area contributed by atoms with Crippen molar-refractivity contribution in [1.82, 2.24) is 5.32 Å². The van der Waals surface area contributed by atoms with Crippen molar-refractivity contribution in [3.63, 3.8) is 0 Å². The fraction of sp³-hybridized carbons (Fsp3) is 0.167. The molecule has 0 aliphatic carbocycles. The van der Waals surface area contributed by atoms with Gasteiger partial charge in [-0.05, 0) is 35.9 Å². The van der Waals surface area contributed by atoms with E-state index in [4.69, 9.17) is 16.3 Å². The second kappa shape index (κ2) is 9.35.